The highest BCUT2D eigenvalue weighted by Crippen LogP contribution is 2.10. The van der Waals surface area contributed by atoms with E-state index in [2.05, 4.69) is 5.32 Å². The van der Waals surface area contributed by atoms with Gasteiger partial charge in [-0.15, -0.1) is 0 Å². The summed E-state index contributed by atoms with van der Waals surface area (Å²) >= 11 is 0. The Kier molecular flexibility index (Phi) is 2.12. The molecule has 0 unspecified atom stereocenters. The highest BCUT2D eigenvalue weighted by atomic mass is 16.4. The lowest BCUT2D eigenvalue weighted by Crippen LogP contribution is -2.34. The third-order valence-electron chi connectivity index (χ3n) is 1.11. The van der Waals surface area contributed by atoms with Gasteiger partial charge in [-0.25, -0.2) is 10.6 Å². The minimum Gasteiger partial charge on any atom is -0.446 e. The standard InChI is InChI=1S/C6H9N3O2/c1-4-2-3-5(11-4)8-6(10)9-7/h2-3H,7H2,1H3,(H2,8,9,10). The second-order valence-corrected chi connectivity index (χ2v) is 2.01. The van der Waals surface area contributed by atoms with Gasteiger partial charge >= 0.3 is 6.03 Å². The monoisotopic (exact) mass is 155 g/mol. The van der Waals surface area contributed by atoms with Crippen molar-refractivity contribution >= 4 is 11.9 Å². The van der Waals surface area contributed by atoms with Gasteiger partial charge in [0.15, 0.2) is 0 Å². The first-order valence-electron chi connectivity index (χ1n) is 3.06. The summed E-state index contributed by atoms with van der Waals surface area (Å²) in [4.78, 5) is 10.6. The molecule has 2 amide bonds. The largest absolute Gasteiger partial charge is 0.446 e. The van der Waals surface area contributed by atoms with Crippen LogP contribution in [0.25, 0.3) is 0 Å². The molecule has 0 aliphatic carbocycles. The first-order chi connectivity index (χ1) is 5.22. The number of furan rings is 1. The van der Waals surface area contributed by atoms with E-state index in [0.717, 1.165) is 5.76 Å². The number of carbonyl (C=O) groups is 1. The van der Waals surface area contributed by atoms with Gasteiger partial charge in [-0.3, -0.25) is 10.7 Å². The van der Waals surface area contributed by atoms with Gasteiger partial charge in [0, 0.05) is 6.07 Å². The fourth-order valence-corrected chi connectivity index (χ4v) is 0.650. The minimum atomic E-state index is -0.501. The second-order valence-electron chi connectivity index (χ2n) is 2.01. The number of hydrogen-bond donors (Lipinski definition) is 3. The molecule has 60 valence electrons. The van der Waals surface area contributed by atoms with E-state index < -0.39 is 6.03 Å². The molecule has 0 bridgehead atoms. The Hall–Kier alpha value is -1.49. The molecule has 5 nitrogen and oxygen atoms in total. The van der Waals surface area contributed by atoms with Crippen LogP contribution in [0.1, 0.15) is 5.76 Å². The average molecular weight is 155 g/mol. The van der Waals surface area contributed by atoms with Crippen molar-refractivity contribution in [3.8, 4) is 0 Å². The van der Waals surface area contributed by atoms with Crippen molar-refractivity contribution in [1.29, 1.82) is 0 Å². The predicted octanol–water partition coefficient (Wildman–Crippen LogP) is 0.583. The Morgan fingerprint density at radius 2 is 2.36 bits per heavy atom. The number of hydrazine groups is 1. The number of aryl methyl sites for hydroxylation is 1. The van der Waals surface area contributed by atoms with Gasteiger partial charge in [0.1, 0.15) is 5.76 Å². The molecule has 0 saturated heterocycles. The molecule has 1 aromatic rings. The Morgan fingerprint density at radius 3 is 2.82 bits per heavy atom. The predicted molar refractivity (Wildman–Crippen MR) is 39.8 cm³/mol. The summed E-state index contributed by atoms with van der Waals surface area (Å²) < 4.78 is 5.03. The number of amides is 2. The summed E-state index contributed by atoms with van der Waals surface area (Å²) in [7, 11) is 0. The molecule has 1 rings (SSSR count). The fraction of sp³-hybridized carbons (Fsp3) is 0.167. The Labute approximate surface area is 63.5 Å². The fourth-order valence-electron chi connectivity index (χ4n) is 0.650. The molecule has 0 fully saturated rings. The SMILES string of the molecule is Cc1ccc(NC(=O)NN)o1. The number of carbonyl (C=O) groups excluding carboxylic acids is 1. The van der Waals surface area contributed by atoms with Crippen LogP contribution in [-0.2, 0) is 0 Å². The van der Waals surface area contributed by atoms with E-state index >= 15 is 0 Å². The lowest BCUT2D eigenvalue weighted by molar-refractivity contribution is 0.252. The highest BCUT2D eigenvalue weighted by Gasteiger charge is 2.00. The molecule has 0 atom stereocenters. The van der Waals surface area contributed by atoms with Crippen LogP contribution in [0.4, 0.5) is 10.7 Å². The summed E-state index contributed by atoms with van der Waals surface area (Å²) in [5.41, 5.74) is 1.91. The number of urea groups is 1. The average Bonchev–Trinajstić information content (AvgIpc) is 2.35. The summed E-state index contributed by atoms with van der Waals surface area (Å²) in [5, 5.41) is 2.37. The molecule has 5 heteroatoms. The molecule has 4 N–H and O–H groups in total. The van der Waals surface area contributed by atoms with E-state index in [1.54, 1.807) is 19.1 Å². The first kappa shape index (κ1) is 7.62. The van der Waals surface area contributed by atoms with Crippen LogP contribution in [0.5, 0.6) is 0 Å². The van der Waals surface area contributed by atoms with Crippen molar-refractivity contribution in [1.82, 2.24) is 5.43 Å². The van der Waals surface area contributed by atoms with Gasteiger partial charge < -0.3 is 4.42 Å². The van der Waals surface area contributed by atoms with Crippen LogP contribution in [0.2, 0.25) is 0 Å². The van der Waals surface area contributed by atoms with Crippen LogP contribution >= 0.6 is 0 Å². The van der Waals surface area contributed by atoms with Crippen LogP contribution in [0.15, 0.2) is 16.5 Å². The van der Waals surface area contributed by atoms with Crippen molar-refractivity contribution in [2.45, 2.75) is 6.92 Å². The number of nitrogens with two attached hydrogens (primary N) is 1. The molecule has 0 aromatic carbocycles. The normalized spacial score (nSPS) is 9.27. The van der Waals surface area contributed by atoms with Crippen LogP contribution in [0, 0.1) is 6.92 Å². The highest BCUT2D eigenvalue weighted by molar-refractivity contribution is 5.87. The maximum absolute atomic E-state index is 10.6. The van der Waals surface area contributed by atoms with Gasteiger partial charge in [0.05, 0.1) is 0 Å². The number of anilines is 1. The lowest BCUT2D eigenvalue weighted by Gasteiger charge is -1.97. The zero-order chi connectivity index (χ0) is 8.27. The van der Waals surface area contributed by atoms with Gasteiger partial charge in [-0.2, -0.15) is 0 Å². The zero-order valence-electron chi connectivity index (χ0n) is 6.05. The quantitative estimate of drug-likeness (QED) is 0.315. The maximum atomic E-state index is 10.6. The summed E-state index contributed by atoms with van der Waals surface area (Å²) in [5.74, 6) is 5.94. The number of nitrogens with one attached hydrogen (secondary N) is 2. The molecule has 0 radical (unpaired) electrons. The molecular weight excluding hydrogens is 146 g/mol. The lowest BCUT2D eigenvalue weighted by atomic mass is 10.5. The van der Waals surface area contributed by atoms with Gasteiger partial charge in [-0.05, 0) is 13.0 Å². The van der Waals surface area contributed by atoms with E-state index in [9.17, 15) is 4.79 Å². The second kappa shape index (κ2) is 3.07. The van der Waals surface area contributed by atoms with E-state index in [-0.39, 0.29) is 0 Å². The van der Waals surface area contributed by atoms with Crippen molar-refractivity contribution in [3.05, 3.63) is 17.9 Å². The van der Waals surface area contributed by atoms with E-state index in [0.29, 0.717) is 5.88 Å². The summed E-state index contributed by atoms with van der Waals surface area (Å²) in [6, 6.07) is 2.89. The summed E-state index contributed by atoms with van der Waals surface area (Å²) in [6.45, 7) is 1.78. The smallest absolute Gasteiger partial charge is 0.335 e. The Balaban J connectivity index is 2.57. The maximum Gasteiger partial charge on any atom is 0.335 e. The third kappa shape index (κ3) is 1.98. The van der Waals surface area contributed by atoms with Gasteiger partial charge in [-0.1, -0.05) is 0 Å². The van der Waals surface area contributed by atoms with E-state index in [1.165, 1.54) is 0 Å². The minimum absolute atomic E-state index is 0.380. The Bertz CT molecular complexity index is 256. The molecule has 0 saturated carbocycles. The van der Waals surface area contributed by atoms with E-state index in [4.69, 9.17) is 10.3 Å². The number of hydrogen-bond acceptors (Lipinski definition) is 3. The molecule has 11 heavy (non-hydrogen) atoms. The molecular formula is C6H9N3O2. The molecule has 0 spiro atoms. The van der Waals surface area contributed by atoms with Crippen molar-refractivity contribution in [2.75, 3.05) is 5.32 Å². The first-order valence-corrected chi connectivity index (χ1v) is 3.06. The molecule has 0 aliphatic heterocycles. The molecule has 1 heterocycles. The summed E-state index contributed by atoms with van der Waals surface area (Å²) in [6.07, 6.45) is 0. The molecule has 1 aromatic heterocycles. The van der Waals surface area contributed by atoms with Crippen LogP contribution in [-0.4, -0.2) is 6.03 Å². The van der Waals surface area contributed by atoms with Crippen LogP contribution in [0.3, 0.4) is 0 Å². The van der Waals surface area contributed by atoms with Crippen molar-refractivity contribution in [2.24, 2.45) is 5.84 Å². The Morgan fingerprint density at radius 1 is 1.64 bits per heavy atom. The van der Waals surface area contributed by atoms with Crippen molar-refractivity contribution in [3.63, 3.8) is 0 Å². The van der Waals surface area contributed by atoms with Crippen LogP contribution < -0.4 is 16.6 Å². The topological polar surface area (TPSA) is 80.3 Å². The number of rotatable bonds is 1. The molecule has 0 aliphatic rings. The zero-order valence-corrected chi connectivity index (χ0v) is 6.05. The van der Waals surface area contributed by atoms with Gasteiger partial charge in [0.25, 0.3) is 0 Å². The van der Waals surface area contributed by atoms with E-state index in [1.807, 2.05) is 5.43 Å². The van der Waals surface area contributed by atoms with Crippen molar-refractivity contribution < 1.29 is 9.21 Å². The third-order valence-corrected chi connectivity index (χ3v) is 1.11. The van der Waals surface area contributed by atoms with Gasteiger partial charge in [0.2, 0.25) is 5.88 Å².